The maximum Gasteiger partial charge on any atom is 0.337 e. The number of ether oxygens (including phenoxy) is 2. The predicted molar refractivity (Wildman–Crippen MR) is 105 cm³/mol. The van der Waals surface area contributed by atoms with E-state index in [0.29, 0.717) is 16.4 Å². The van der Waals surface area contributed by atoms with Gasteiger partial charge in [-0.15, -0.1) is 11.3 Å². The Bertz CT molecular complexity index is 1010. The number of hydrogen-bond acceptors (Lipinski definition) is 5. The number of carboxylic acid groups (broad SMARTS) is 1. The summed E-state index contributed by atoms with van der Waals surface area (Å²) in [5.74, 6) is -0.392. The molecule has 7 heteroatoms. The Morgan fingerprint density at radius 2 is 1.89 bits per heavy atom. The lowest BCUT2D eigenvalue weighted by atomic mass is 10.1. The van der Waals surface area contributed by atoms with Gasteiger partial charge in [-0.05, 0) is 44.2 Å². The van der Waals surface area contributed by atoms with Crippen LogP contribution in [0.1, 0.15) is 33.9 Å². The lowest BCUT2D eigenvalue weighted by molar-refractivity contribution is 0.0698. The molecule has 0 unspecified atom stereocenters. The van der Waals surface area contributed by atoms with Gasteiger partial charge in [0.15, 0.2) is 5.75 Å². The number of carbonyl (C=O) groups excluding carboxylic acids is 1. The van der Waals surface area contributed by atoms with Gasteiger partial charge in [-0.2, -0.15) is 0 Å². The van der Waals surface area contributed by atoms with E-state index in [-0.39, 0.29) is 17.4 Å². The minimum atomic E-state index is -1.11. The molecule has 2 N–H and O–H groups in total. The van der Waals surface area contributed by atoms with Crippen LogP contribution in [0.2, 0.25) is 0 Å². The van der Waals surface area contributed by atoms with E-state index >= 15 is 0 Å². The van der Waals surface area contributed by atoms with Gasteiger partial charge >= 0.3 is 5.97 Å². The number of thiophene rings is 1. The summed E-state index contributed by atoms with van der Waals surface area (Å²) in [7, 11) is 1.58. The highest BCUT2D eigenvalue weighted by atomic mass is 32.1. The fourth-order valence-corrected chi connectivity index (χ4v) is 3.65. The molecule has 27 heavy (non-hydrogen) atoms. The van der Waals surface area contributed by atoms with Gasteiger partial charge in [0, 0.05) is 10.1 Å². The summed E-state index contributed by atoms with van der Waals surface area (Å²) in [6, 6.07) is 11.8. The number of carboxylic acids is 1. The molecule has 3 rings (SSSR count). The Morgan fingerprint density at radius 3 is 2.56 bits per heavy atom. The van der Waals surface area contributed by atoms with E-state index in [4.69, 9.17) is 9.47 Å². The van der Waals surface area contributed by atoms with Gasteiger partial charge in [0.25, 0.3) is 5.91 Å². The van der Waals surface area contributed by atoms with Crippen molar-refractivity contribution in [1.29, 1.82) is 0 Å². The first-order valence-corrected chi connectivity index (χ1v) is 9.13. The minimum absolute atomic E-state index is 0.0277. The zero-order chi connectivity index (χ0) is 19.6. The summed E-state index contributed by atoms with van der Waals surface area (Å²) in [5, 5.41) is 12.8. The largest absolute Gasteiger partial charge is 0.497 e. The average molecular weight is 385 g/mol. The fourth-order valence-electron chi connectivity index (χ4n) is 2.64. The van der Waals surface area contributed by atoms with Crippen molar-refractivity contribution in [3.63, 3.8) is 0 Å². The normalized spacial score (nSPS) is 10.8. The molecule has 0 aliphatic rings. The second kappa shape index (κ2) is 7.67. The Labute approximate surface area is 160 Å². The number of amides is 1. The third-order valence-electron chi connectivity index (χ3n) is 3.82. The summed E-state index contributed by atoms with van der Waals surface area (Å²) >= 11 is 1.29. The molecular formula is C20H19NO5S. The molecule has 1 heterocycles. The second-order valence-corrected chi connectivity index (χ2v) is 7.15. The van der Waals surface area contributed by atoms with Crippen LogP contribution in [-0.2, 0) is 0 Å². The number of aromatic carboxylic acids is 1. The van der Waals surface area contributed by atoms with E-state index in [2.05, 4.69) is 5.32 Å². The van der Waals surface area contributed by atoms with Crippen LogP contribution in [-0.4, -0.2) is 30.2 Å². The zero-order valence-corrected chi connectivity index (χ0v) is 15.9. The van der Waals surface area contributed by atoms with Crippen molar-refractivity contribution in [3.05, 3.63) is 52.9 Å². The molecule has 2 aromatic carbocycles. The number of hydrogen-bond donors (Lipinski definition) is 2. The number of anilines is 1. The molecule has 140 valence electrons. The quantitative estimate of drug-likeness (QED) is 0.645. The summed E-state index contributed by atoms with van der Waals surface area (Å²) in [5.41, 5.74) is 0.264. The van der Waals surface area contributed by atoms with Crippen molar-refractivity contribution < 1.29 is 24.2 Å². The lowest BCUT2D eigenvalue weighted by Crippen LogP contribution is -2.15. The molecule has 0 aliphatic carbocycles. The van der Waals surface area contributed by atoms with Crippen LogP contribution in [0.5, 0.6) is 11.5 Å². The van der Waals surface area contributed by atoms with Crippen molar-refractivity contribution in [1.82, 2.24) is 0 Å². The molecular weight excluding hydrogens is 366 g/mol. The van der Waals surface area contributed by atoms with Crippen LogP contribution in [0.4, 0.5) is 5.69 Å². The van der Waals surface area contributed by atoms with Gasteiger partial charge in [-0.25, -0.2) is 4.79 Å². The Hall–Kier alpha value is -3.06. The smallest absolute Gasteiger partial charge is 0.337 e. The molecule has 0 atom stereocenters. The molecule has 3 aromatic rings. The zero-order valence-electron chi connectivity index (χ0n) is 15.1. The van der Waals surface area contributed by atoms with Gasteiger partial charge in [-0.3, -0.25) is 4.79 Å². The van der Waals surface area contributed by atoms with Gasteiger partial charge in [-0.1, -0.05) is 12.1 Å². The molecule has 1 aromatic heterocycles. The second-order valence-electron chi connectivity index (χ2n) is 6.09. The molecule has 0 saturated heterocycles. The predicted octanol–water partition coefficient (Wildman–Crippen LogP) is 4.65. The molecule has 0 spiro atoms. The first-order valence-electron chi connectivity index (χ1n) is 8.31. The monoisotopic (exact) mass is 385 g/mol. The van der Waals surface area contributed by atoms with Crippen molar-refractivity contribution >= 4 is 39.0 Å². The molecule has 6 nitrogen and oxygen atoms in total. The Morgan fingerprint density at radius 1 is 1.15 bits per heavy atom. The Balaban J connectivity index is 2.05. The van der Waals surface area contributed by atoms with Crippen LogP contribution in [0, 0.1) is 0 Å². The number of carbonyl (C=O) groups is 2. The van der Waals surface area contributed by atoms with E-state index in [1.165, 1.54) is 17.4 Å². The van der Waals surface area contributed by atoms with Gasteiger partial charge in [0.2, 0.25) is 0 Å². The highest BCUT2D eigenvalue weighted by molar-refractivity contribution is 7.21. The first kappa shape index (κ1) is 18.7. The number of methoxy groups -OCH3 is 1. The standard InChI is InChI=1S/C20H19NO5S/c1-11(2)26-17-14-10-12(25-3)8-9-16(14)27-18(17)19(22)21-15-7-5-4-6-13(15)20(23)24/h4-11H,1-3H3,(H,21,22)(H,23,24). The van der Waals surface area contributed by atoms with Crippen molar-refractivity contribution in [2.45, 2.75) is 20.0 Å². The molecule has 0 fully saturated rings. The third kappa shape index (κ3) is 3.88. The number of benzene rings is 2. The molecule has 0 aliphatic heterocycles. The van der Waals surface area contributed by atoms with Gasteiger partial charge in [0.1, 0.15) is 10.6 Å². The van der Waals surface area contributed by atoms with Crippen molar-refractivity contribution in [2.75, 3.05) is 12.4 Å². The van der Waals surface area contributed by atoms with Gasteiger partial charge in [0.05, 0.1) is 24.5 Å². The maximum atomic E-state index is 12.9. The van der Waals surface area contributed by atoms with Crippen LogP contribution in [0.15, 0.2) is 42.5 Å². The minimum Gasteiger partial charge on any atom is -0.497 e. The molecule has 0 radical (unpaired) electrons. The molecule has 1 amide bonds. The molecule has 0 saturated carbocycles. The third-order valence-corrected chi connectivity index (χ3v) is 4.97. The summed E-state index contributed by atoms with van der Waals surface area (Å²) in [6.45, 7) is 3.76. The van der Waals surface area contributed by atoms with E-state index in [1.54, 1.807) is 25.3 Å². The lowest BCUT2D eigenvalue weighted by Gasteiger charge is -2.12. The highest BCUT2D eigenvalue weighted by Crippen LogP contribution is 2.40. The fraction of sp³-hybridized carbons (Fsp3) is 0.200. The SMILES string of the molecule is COc1ccc2sc(C(=O)Nc3ccccc3C(=O)O)c(OC(C)C)c2c1. The number of nitrogens with one attached hydrogen (secondary N) is 1. The van der Waals surface area contributed by atoms with Gasteiger partial charge < -0.3 is 19.9 Å². The summed E-state index contributed by atoms with van der Waals surface area (Å²) in [4.78, 5) is 24.7. The number of fused-ring (bicyclic) bond motifs is 1. The van der Waals surface area contributed by atoms with E-state index in [0.717, 1.165) is 10.1 Å². The van der Waals surface area contributed by atoms with Crippen LogP contribution >= 0.6 is 11.3 Å². The van der Waals surface area contributed by atoms with Crippen molar-refractivity contribution in [3.8, 4) is 11.5 Å². The van der Waals surface area contributed by atoms with Crippen LogP contribution in [0.25, 0.3) is 10.1 Å². The Kier molecular flexibility index (Phi) is 5.32. The van der Waals surface area contributed by atoms with Crippen molar-refractivity contribution in [2.24, 2.45) is 0 Å². The topological polar surface area (TPSA) is 84.9 Å². The number of para-hydroxylation sites is 1. The van der Waals surface area contributed by atoms with Crippen LogP contribution in [0.3, 0.4) is 0 Å². The van der Waals surface area contributed by atoms with Crippen LogP contribution < -0.4 is 14.8 Å². The average Bonchev–Trinajstić information content (AvgIpc) is 2.99. The maximum absolute atomic E-state index is 12.9. The summed E-state index contributed by atoms with van der Waals surface area (Å²) in [6.07, 6.45) is -0.133. The van der Waals surface area contributed by atoms with E-state index in [9.17, 15) is 14.7 Å². The highest BCUT2D eigenvalue weighted by Gasteiger charge is 2.23. The van der Waals surface area contributed by atoms with E-state index < -0.39 is 11.9 Å². The summed E-state index contributed by atoms with van der Waals surface area (Å²) < 4.78 is 12.1. The first-order chi connectivity index (χ1) is 12.9. The molecule has 0 bridgehead atoms. The van der Waals surface area contributed by atoms with E-state index in [1.807, 2.05) is 32.0 Å². The number of rotatable bonds is 6.